The van der Waals surface area contributed by atoms with E-state index in [4.69, 9.17) is 0 Å². The van der Waals surface area contributed by atoms with Gasteiger partial charge in [0.2, 0.25) is 10.0 Å². The van der Waals surface area contributed by atoms with Crippen molar-refractivity contribution in [3.05, 3.63) is 30.9 Å². The van der Waals surface area contributed by atoms with Gasteiger partial charge < -0.3 is 5.32 Å². The summed E-state index contributed by atoms with van der Waals surface area (Å²) in [6, 6.07) is 1.65. The van der Waals surface area contributed by atoms with Crippen LogP contribution in [-0.4, -0.2) is 41.5 Å². The highest BCUT2D eigenvalue weighted by molar-refractivity contribution is 7.89. The molecule has 8 nitrogen and oxygen atoms in total. The molecule has 2 heterocycles. The molecular formula is C12H18N6O2S. The van der Waals surface area contributed by atoms with Crippen molar-refractivity contribution in [2.24, 2.45) is 0 Å². The van der Waals surface area contributed by atoms with E-state index in [9.17, 15) is 8.42 Å². The molecule has 0 radical (unpaired) electrons. The number of nitrogens with zero attached hydrogens (tertiary/aromatic N) is 4. The van der Waals surface area contributed by atoms with E-state index < -0.39 is 10.0 Å². The Morgan fingerprint density at radius 1 is 1.33 bits per heavy atom. The smallest absolute Gasteiger partial charge is 0.244 e. The van der Waals surface area contributed by atoms with Crippen LogP contribution in [0.2, 0.25) is 0 Å². The summed E-state index contributed by atoms with van der Waals surface area (Å²) in [5.41, 5.74) is 0.552. The first-order valence-electron chi connectivity index (χ1n) is 6.65. The fourth-order valence-electron chi connectivity index (χ4n) is 1.81. The van der Waals surface area contributed by atoms with Gasteiger partial charge in [0.25, 0.3) is 0 Å². The Kier molecular flexibility index (Phi) is 5.23. The average molecular weight is 310 g/mol. The number of anilines is 1. The Hall–Kier alpha value is -2.00. The molecule has 2 aromatic heterocycles. The number of aryl methyl sites for hydroxylation is 1. The van der Waals surface area contributed by atoms with Gasteiger partial charge in [-0.25, -0.2) is 13.1 Å². The lowest BCUT2D eigenvalue weighted by Crippen LogP contribution is -2.26. The zero-order chi connectivity index (χ0) is 15.1. The van der Waals surface area contributed by atoms with Gasteiger partial charge >= 0.3 is 0 Å². The van der Waals surface area contributed by atoms with Gasteiger partial charge in [-0.1, -0.05) is 5.21 Å². The molecule has 114 valence electrons. The average Bonchev–Trinajstić information content (AvgIpc) is 2.98. The molecule has 2 N–H and O–H groups in total. The van der Waals surface area contributed by atoms with Crippen LogP contribution in [0.5, 0.6) is 0 Å². The van der Waals surface area contributed by atoms with Crippen LogP contribution < -0.4 is 10.0 Å². The molecule has 0 fully saturated rings. The van der Waals surface area contributed by atoms with Crippen LogP contribution in [0.15, 0.2) is 35.7 Å². The van der Waals surface area contributed by atoms with Crippen LogP contribution in [0, 0.1) is 0 Å². The highest BCUT2D eigenvalue weighted by Gasteiger charge is 2.17. The maximum Gasteiger partial charge on any atom is 0.244 e. The highest BCUT2D eigenvalue weighted by atomic mass is 32.2. The zero-order valence-corrected chi connectivity index (χ0v) is 12.5. The number of hydrogen-bond donors (Lipinski definition) is 2. The first kappa shape index (κ1) is 15.4. The third-order valence-electron chi connectivity index (χ3n) is 2.77. The van der Waals surface area contributed by atoms with E-state index in [1.165, 1.54) is 6.20 Å². The van der Waals surface area contributed by atoms with Gasteiger partial charge in [-0.3, -0.25) is 9.67 Å². The molecule has 0 aliphatic carbocycles. The Labute approximate surface area is 123 Å². The van der Waals surface area contributed by atoms with Crippen molar-refractivity contribution in [2.45, 2.75) is 24.8 Å². The first-order chi connectivity index (χ1) is 10.1. The van der Waals surface area contributed by atoms with E-state index in [0.717, 1.165) is 0 Å². The summed E-state index contributed by atoms with van der Waals surface area (Å²) in [5, 5.41) is 10.5. The summed E-state index contributed by atoms with van der Waals surface area (Å²) in [4.78, 5) is 4.04. The van der Waals surface area contributed by atoms with E-state index in [0.29, 0.717) is 31.7 Å². The van der Waals surface area contributed by atoms with Crippen LogP contribution in [0.3, 0.4) is 0 Å². The van der Waals surface area contributed by atoms with Crippen LogP contribution in [-0.2, 0) is 16.6 Å². The maximum absolute atomic E-state index is 12.3. The normalized spacial score (nSPS) is 11.5. The van der Waals surface area contributed by atoms with Gasteiger partial charge in [0, 0.05) is 38.2 Å². The quantitative estimate of drug-likeness (QED) is 0.687. The largest absolute Gasteiger partial charge is 0.384 e. The fourth-order valence-corrected chi connectivity index (χ4v) is 3.01. The monoisotopic (exact) mass is 310 g/mol. The highest BCUT2D eigenvalue weighted by Crippen LogP contribution is 2.18. The standard InChI is InChI=1S/C12H18N6O2S/c1-2-14-11-4-6-13-10-12(11)21(19,20)16-5-3-8-18-9-7-15-17-18/h4,6-7,9-10,16H,2-3,5,8H2,1H3,(H,13,14). The molecule has 0 aliphatic rings. The van der Waals surface area contributed by atoms with E-state index in [-0.39, 0.29) is 4.90 Å². The minimum atomic E-state index is -3.57. The number of sulfonamides is 1. The molecule has 0 atom stereocenters. The van der Waals surface area contributed by atoms with Crippen molar-refractivity contribution in [3.63, 3.8) is 0 Å². The van der Waals surface area contributed by atoms with Crippen molar-refractivity contribution in [3.8, 4) is 0 Å². The molecular weight excluding hydrogens is 292 g/mol. The van der Waals surface area contributed by atoms with Gasteiger partial charge in [0.15, 0.2) is 0 Å². The van der Waals surface area contributed by atoms with E-state index in [1.54, 1.807) is 29.3 Å². The summed E-state index contributed by atoms with van der Waals surface area (Å²) in [6.45, 7) is 3.47. The third-order valence-corrected chi connectivity index (χ3v) is 4.26. The molecule has 0 amide bonds. The zero-order valence-electron chi connectivity index (χ0n) is 11.7. The molecule has 0 saturated carbocycles. The van der Waals surface area contributed by atoms with Crippen LogP contribution in [0.4, 0.5) is 5.69 Å². The summed E-state index contributed by atoms with van der Waals surface area (Å²) < 4.78 is 28.7. The second-order valence-electron chi connectivity index (χ2n) is 4.32. The topological polar surface area (TPSA) is 102 Å². The van der Waals surface area contributed by atoms with E-state index in [2.05, 4.69) is 25.3 Å². The van der Waals surface area contributed by atoms with E-state index >= 15 is 0 Å². The lowest BCUT2D eigenvalue weighted by atomic mass is 10.4. The Morgan fingerprint density at radius 3 is 2.90 bits per heavy atom. The van der Waals surface area contributed by atoms with Crippen molar-refractivity contribution in [1.82, 2.24) is 24.7 Å². The molecule has 9 heteroatoms. The van der Waals surface area contributed by atoms with Crippen molar-refractivity contribution < 1.29 is 8.42 Å². The molecule has 0 bridgehead atoms. The Bertz CT molecular complexity index is 656. The lowest BCUT2D eigenvalue weighted by Gasteiger charge is -2.11. The predicted molar refractivity (Wildman–Crippen MR) is 78.2 cm³/mol. The molecule has 0 aromatic carbocycles. The second kappa shape index (κ2) is 7.14. The van der Waals surface area contributed by atoms with Gasteiger partial charge in [-0.2, -0.15) is 0 Å². The van der Waals surface area contributed by atoms with Crippen molar-refractivity contribution >= 4 is 15.7 Å². The molecule has 0 aliphatic heterocycles. The van der Waals surface area contributed by atoms with Gasteiger partial charge in [-0.15, -0.1) is 5.10 Å². The molecule has 2 aromatic rings. The number of aromatic nitrogens is 4. The lowest BCUT2D eigenvalue weighted by molar-refractivity contribution is 0.542. The molecule has 21 heavy (non-hydrogen) atoms. The first-order valence-corrected chi connectivity index (χ1v) is 8.13. The molecule has 2 rings (SSSR count). The molecule has 0 spiro atoms. The Balaban J connectivity index is 1.95. The maximum atomic E-state index is 12.3. The van der Waals surface area contributed by atoms with Crippen LogP contribution >= 0.6 is 0 Å². The predicted octanol–water partition coefficient (Wildman–Crippen LogP) is 0.473. The SMILES string of the molecule is CCNc1ccncc1S(=O)(=O)NCCCn1ccnn1. The summed E-state index contributed by atoms with van der Waals surface area (Å²) in [5.74, 6) is 0. The summed E-state index contributed by atoms with van der Waals surface area (Å²) in [6.07, 6.45) is 6.85. The summed E-state index contributed by atoms with van der Waals surface area (Å²) in [7, 11) is -3.57. The second-order valence-corrected chi connectivity index (χ2v) is 6.05. The number of pyridine rings is 1. The fraction of sp³-hybridized carbons (Fsp3) is 0.417. The molecule has 0 unspecified atom stereocenters. The third kappa shape index (κ3) is 4.23. The van der Waals surface area contributed by atoms with Crippen LogP contribution in [0.25, 0.3) is 0 Å². The van der Waals surface area contributed by atoms with Crippen molar-refractivity contribution in [1.29, 1.82) is 0 Å². The molecule has 0 saturated heterocycles. The van der Waals surface area contributed by atoms with Gasteiger partial charge in [-0.05, 0) is 19.4 Å². The number of nitrogens with one attached hydrogen (secondary N) is 2. The Morgan fingerprint density at radius 2 is 2.19 bits per heavy atom. The minimum Gasteiger partial charge on any atom is -0.384 e. The minimum absolute atomic E-state index is 0.160. The van der Waals surface area contributed by atoms with Crippen LogP contribution in [0.1, 0.15) is 13.3 Å². The van der Waals surface area contributed by atoms with Gasteiger partial charge in [0.05, 0.1) is 11.9 Å². The van der Waals surface area contributed by atoms with Gasteiger partial charge in [0.1, 0.15) is 4.90 Å². The number of rotatable bonds is 8. The summed E-state index contributed by atoms with van der Waals surface area (Å²) >= 11 is 0. The number of hydrogen-bond acceptors (Lipinski definition) is 6. The van der Waals surface area contributed by atoms with E-state index in [1.807, 2.05) is 6.92 Å². The van der Waals surface area contributed by atoms with Crippen molar-refractivity contribution in [2.75, 3.05) is 18.4 Å².